The lowest BCUT2D eigenvalue weighted by Gasteiger charge is -2.33. The van der Waals surface area contributed by atoms with Crippen molar-refractivity contribution in [2.24, 2.45) is 11.3 Å². The van der Waals surface area contributed by atoms with Gasteiger partial charge in [0.15, 0.2) is 6.54 Å². The first-order valence-electron chi connectivity index (χ1n) is 11.9. The van der Waals surface area contributed by atoms with Crippen LogP contribution >= 0.6 is 27.3 Å². The SMILES string of the molecule is CC(C)(C)C1CCc2c(sc(NC(=O)C[NH2+]Cc3cccnc3)c2C(=O)Nc2ccc(Br)cc2)C1. The number of benzene rings is 1. The van der Waals surface area contributed by atoms with Gasteiger partial charge in [-0.3, -0.25) is 14.6 Å². The number of nitrogens with two attached hydrogens (primary N) is 1. The van der Waals surface area contributed by atoms with Gasteiger partial charge in [-0.15, -0.1) is 11.3 Å². The number of nitrogens with one attached hydrogen (secondary N) is 2. The van der Waals surface area contributed by atoms with Crippen LogP contribution in [0.15, 0.2) is 53.3 Å². The number of fused-ring (bicyclic) bond motifs is 1. The van der Waals surface area contributed by atoms with E-state index in [4.69, 9.17) is 0 Å². The van der Waals surface area contributed by atoms with E-state index in [1.165, 1.54) is 4.88 Å². The molecule has 0 fully saturated rings. The van der Waals surface area contributed by atoms with Crippen LogP contribution < -0.4 is 16.0 Å². The van der Waals surface area contributed by atoms with Crippen molar-refractivity contribution in [2.75, 3.05) is 17.2 Å². The highest BCUT2D eigenvalue weighted by Gasteiger charge is 2.34. The highest BCUT2D eigenvalue weighted by Crippen LogP contribution is 2.44. The van der Waals surface area contributed by atoms with Gasteiger partial charge < -0.3 is 16.0 Å². The molecular weight excluding hydrogens is 524 g/mol. The molecule has 8 heteroatoms. The van der Waals surface area contributed by atoms with E-state index < -0.39 is 0 Å². The molecule has 4 rings (SSSR count). The molecule has 2 heterocycles. The highest BCUT2D eigenvalue weighted by molar-refractivity contribution is 9.10. The van der Waals surface area contributed by atoms with Crippen LogP contribution in [0.25, 0.3) is 0 Å². The molecule has 1 atom stereocenters. The molecule has 3 aromatic rings. The molecule has 1 aliphatic rings. The van der Waals surface area contributed by atoms with Crippen LogP contribution in [0.3, 0.4) is 0 Å². The lowest BCUT2D eigenvalue weighted by Crippen LogP contribution is -2.84. The lowest BCUT2D eigenvalue weighted by atomic mass is 9.72. The number of hydrogen-bond acceptors (Lipinski definition) is 4. The van der Waals surface area contributed by atoms with Crippen molar-refractivity contribution < 1.29 is 14.9 Å². The second-order valence-electron chi connectivity index (χ2n) is 10.1. The third kappa shape index (κ3) is 6.57. The fraction of sp³-hybridized carbons (Fsp3) is 0.370. The Kier molecular flexibility index (Phi) is 8.04. The summed E-state index contributed by atoms with van der Waals surface area (Å²) in [6.07, 6.45) is 6.36. The summed E-state index contributed by atoms with van der Waals surface area (Å²) in [7, 11) is 0. The molecule has 0 aliphatic heterocycles. The van der Waals surface area contributed by atoms with Gasteiger partial charge in [0.2, 0.25) is 0 Å². The number of halogens is 1. The van der Waals surface area contributed by atoms with Gasteiger partial charge in [-0.1, -0.05) is 42.8 Å². The number of thiophene rings is 1. The highest BCUT2D eigenvalue weighted by atomic mass is 79.9. The number of nitrogens with zero attached hydrogens (tertiary/aromatic N) is 1. The van der Waals surface area contributed by atoms with E-state index in [2.05, 4.69) is 52.3 Å². The zero-order chi connectivity index (χ0) is 25.0. The van der Waals surface area contributed by atoms with Crippen LogP contribution in [-0.4, -0.2) is 23.3 Å². The maximum atomic E-state index is 13.4. The molecule has 0 saturated heterocycles. The molecule has 35 heavy (non-hydrogen) atoms. The Labute approximate surface area is 219 Å². The molecule has 1 aromatic carbocycles. The molecule has 2 amide bonds. The van der Waals surface area contributed by atoms with Crippen LogP contribution in [0.5, 0.6) is 0 Å². The molecule has 4 N–H and O–H groups in total. The van der Waals surface area contributed by atoms with Gasteiger partial charge in [0, 0.05) is 33.0 Å². The third-order valence-electron chi connectivity index (χ3n) is 6.50. The summed E-state index contributed by atoms with van der Waals surface area (Å²) >= 11 is 4.99. The standard InChI is InChI=1S/C27H31BrN4O2S/c1-27(2,3)18-6-11-21-22(13-18)35-26(24(21)25(34)31-20-9-7-19(28)8-10-20)32-23(33)16-30-15-17-5-4-12-29-14-17/h4-5,7-10,12,14,18,30H,6,11,13,15-16H2,1-3H3,(H,31,34)(H,32,33)/p+1. The van der Waals surface area contributed by atoms with Crippen LogP contribution in [-0.2, 0) is 24.2 Å². The molecule has 0 spiro atoms. The smallest absolute Gasteiger partial charge is 0.280 e. The third-order valence-corrected chi connectivity index (χ3v) is 8.20. The van der Waals surface area contributed by atoms with Crippen molar-refractivity contribution in [3.63, 3.8) is 0 Å². The predicted octanol–water partition coefficient (Wildman–Crippen LogP) is 5.01. The fourth-order valence-corrected chi connectivity index (χ4v) is 6.05. The molecule has 0 saturated carbocycles. The molecular formula is C27H32BrN4O2S+. The van der Waals surface area contributed by atoms with Gasteiger partial charge in [-0.25, -0.2) is 0 Å². The van der Waals surface area contributed by atoms with Gasteiger partial charge in [-0.2, -0.15) is 0 Å². The summed E-state index contributed by atoms with van der Waals surface area (Å²) in [5.74, 6) is 0.263. The number of quaternary nitrogens is 1. The fourth-order valence-electron chi connectivity index (χ4n) is 4.45. The molecule has 1 aliphatic carbocycles. The monoisotopic (exact) mass is 555 g/mol. The first kappa shape index (κ1) is 25.5. The zero-order valence-electron chi connectivity index (χ0n) is 20.4. The largest absolute Gasteiger partial charge is 0.335 e. The number of rotatable bonds is 7. The average Bonchev–Trinajstić information content (AvgIpc) is 3.17. The van der Waals surface area contributed by atoms with E-state index in [-0.39, 0.29) is 23.8 Å². The molecule has 0 bridgehead atoms. The number of hydrogen-bond donors (Lipinski definition) is 3. The summed E-state index contributed by atoms with van der Waals surface area (Å²) in [5.41, 5.74) is 3.69. The number of carbonyl (C=O) groups excluding carboxylic acids is 2. The van der Waals surface area contributed by atoms with Gasteiger partial charge in [0.05, 0.1) is 5.56 Å². The minimum Gasteiger partial charge on any atom is -0.335 e. The summed E-state index contributed by atoms with van der Waals surface area (Å²) in [6, 6.07) is 11.4. The predicted molar refractivity (Wildman–Crippen MR) is 145 cm³/mol. The summed E-state index contributed by atoms with van der Waals surface area (Å²) in [5, 5.41) is 8.66. The Morgan fingerprint density at radius 3 is 2.63 bits per heavy atom. The van der Waals surface area contributed by atoms with E-state index in [1.807, 2.05) is 41.7 Å². The Hall–Kier alpha value is -2.55. The quantitative estimate of drug-likeness (QED) is 0.382. The average molecular weight is 557 g/mol. The van der Waals surface area contributed by atoms with E-state index in [0.717, 1.165) is 40.5 Å². The van der Waals surface area contributed by atoms with E-state index >= 15 is 0 Å². The number of aromatic nitrogens is 1. The minimum atomic E-state index is -0.173. The second-order valence-corrected chi connectivity index (χ2v) is 12.1. The van der Waals surface area contributed by atoms with Gasteiger partial charge in [-0.05, 0) is 66.5 Å². The molecule has 0 radical (unpaired) electrons. The number of pyridine rings is 1. The zero-order valence-corrected chi connectivity index (χ0v) is 22.8. The molecule has 184 valence electrons. The minimum absolute atomic E-state index is 0.113. The topological polar surface area (TPSA) is 87.7 Å². The van der Waals surface area contributed by atoms with Crippen molar-refractivity contribution in [2.45, 2.75) is 46.6 Å². The first-order chi connectivity index (χ1) is 16.7. The summed E-state index contributed by atoms with van der Waals surface area (Å²) in [6.45, 7) is 7.77. The summed E-state index contributed by atoms with van der Waals surface area (Å²) < 4.78 is 0.951. The Morgan fingerprint density at radius 2 is 1.94 bits per heavy atom. The Morgan fingerprint density at radius 1 is 1.17 bits per heavy atom. The van der Waals surface area contributed by atoms with Gasteiger partial charge in [0.25, 0.3) is 11.8 Å². The Bertz CT molecular complexity index is 1190. The van der Waals surface area contributed by atoms with E-state index in [1.54, 1.807) is 23.7 Å². The van der Waals surface area contributed by atoms with Gasteiger partial charge >= 0.3 is 0 Å². The van der Waals surface area contributed by atoms with Crippen molar-refractivity contribution in [3.05, 3.63) is 74.8 Å². The number of anilines is 2. The van der Waals surface area contributed by atoms with Crippen molar-refractivity contribution in [3.8, 4) is 0 Å². The van der Waals surface area contributed by atoms with Crippen molar-refractivity contribution in [1.29, 1.82) is 0 Å². The van der Waals surface area contributed by atoms with Crippen LogP contribution in [0.4, 0.5) is 10.7 Å². The first-order valence-corrected chi connectivity index (χ1v) is 13.5. The molecule has 6 nitrogen and oxygen atoms in total. The lowest BCUT2D eigenvalue weighted by molar-refractivity contribution is -0.659. The van der Waals surface area contributed by atoms with Gasteiger partial charge in [0.1, 0.15) is 11.5 Å². The molecule has 1 unspecified atom stereocenters. The Balaban J connectivity index is 1.52. The van der Waals surface area contributed by atoms with Crippen molar-refractivity contribution in [1.82, 2.24) is 4.98 Å². The van der Waals surface area contributed by atoms with Crippen LogP contribution in [0.1, 0.15) is 53.6 Å². The maximum Gasteiger partial charge on any atom is 0.280 e. The number of amides is 2. The summed E-state index contributed by atoms with van der Waals surface area (Å²) in [4.78, 5) is 31.6. The van der Waals surface area contributed by atoms with E-state index in [0.29, 0.717) is 23.0 Å². The number of carbonyl (C=O) groups is 2. The maximum absolute atomic E-state index is 13.4. The second kappa shape index (κ2) is 11.0. The normalized spacial score (nSPS) is 15.4. The van der Waals surface area contributed by atoms with E-state index in [9.17, 15) is 9.59 Å². The van der Waals surface area contributed by atoms with Crippen LogP contribution in [0, 0.1) is 11.3 Å². The molecule has 2 aromatic heterocycles. The van der Waals surface area contributed by atoms with Crippen molar-refractivity contribution >= 4 is 49.8 Å². The van der Waals surface area contributed by atoms with Crippen LogP contribution in [0.2, 0.25) is 0 Å².